The number of hydrogen-bond donors (Lipinski definition) is 1. The average Bonchev–Trinajstić information content (AvgIpc) is 2.38. The van der Waals surface area contributed by atoms with Gasteiger partial charge in [0.05, 0.1) is 5.71 Å². The van der Waals surface area contributed by atoms with Gasteiger partial charge in [0.1, 0.15) is 0 Å². The van der Waals surface area contributed by atoms with Gasteiger partial charge in [-0.3, -0.25) is 0 Å². The van der Waals surface area contributed by atoms with Crippen molar-refractivity contribution in [3.05, 3.63) is 41.3 Å². The fraction of sp³-hybridized carbons (Fsp3) is 0.500. The van der Waals surface area contributed by atoms with Gasteiger partial charge < -0.3 is 5.21 Å². The van der Waals surface area contributed by atoms with Crippen molar-refractivity contribution in [1.29, 1.82) is 0 Å². The molecule has 1 aliphatic carbocycles. The highest BCUT2D eigenvalue weighted by Gasteiger charge is 2.21. The predicted octanol–water partition coefficient (Wildman–Crippen LogP) is 4.31. The van der Waals surface area contributed by atoms with E-state index in [9.17, 15) is 0 Å². The first kappa shape index (κ1) is 13.1. The van der Waals surface area contributed by atoms with E-state index in [1.165, 1.54) is 17.0 Å². The van der Waals surface area contributed by atoms with Crippen LogP contribution in [0.15, 0.2) is 29.4 Å². The van der Waals surface area contributed by atoms with Crippen molar-refractivity contribution in [3.63, 3.8) is 0 Å². The lowest BCUT2D eigenvalue weighted by molar-refractivity contribution is 0.315. The maximum absolute atomic E-state index is 8.78. The molecule has 0 bridgehead atoms. The van der Waals surface area contributed by atoms with Crippen molar-refractivity contribution in [2.75, 3.05) is 0 Å². The first-order valence-electron chi connectivity index (χ1n) is 6.66. The van der Waals surface area contributed by atoms with Crippen molar-refractivity contribution in [3.8, 4) is 0 Å². The molecule has 1 aromatic rings. The van der Waals surface area contributed by atoms with Crippen LogP contribution in [0.5, 0.6) is 0 Å². The molecule has 1 aliphatic rings. The SMILES string of the molecule is CC(C)(C)c1cccc([C]2CCC(=NO)CC2)c1. The van der Waals surface area contributed by atoms with Gasteiger partial charge in [-0.1, -0.05) is 50.2 Å². The minimum Gasteiger partial charge on any atom is -0.411 e. The molecule has 2 rings (SSSR count). The minimum absolute atomic E-state index is 0.197. The van der Waals surface area contributed by atoms with E-state index in [4.69, 9.17) is 5.21 Å². The van der Waals surface area contributed by atoms with Gasteiger partial charge >= 0.3 is 0 Å². The van der Waals surface area contributed by atoms with Gasteiger partial charge in [0.2, 0.25) is 0 Å². The predicted molar refractivity (Wildman–Crippen MR) is 75.2 cm³/mol. The lowest BCUT2D eigenvalue weighted by Crippen LogP contribution is -2.15. The molecule has 0 heterocycles. The van der Waals surface area contributed by atoms with Crippen LogP contribution >= 0.6 is 0 Å². The van der Waals surface area contributed by atoms with E-state index in [-0.39, 0.29) is 5.41 Å². The van der Waals surface area contributed by atoms with Crippen LogP contribution in [0.2, 0.25) is 0 Å². The smallest absolute Gasteiger partial charge is 0.0571 e. The molecule has 1 aromatic carbocycles. The molecule has 0 spiro atoms. The molecular formula is C16H22NO. The second-order valence-corrected chi connectivity index (χ2v) is 6.10. The van der Waals surface area contributed by atoms with Crippen molar-refractivity contribution < 1.29 is 5.21 Å². The Labute approximate surface area is 110 Å². The Balaban J connectivity index is 2.15. The second kappa shape index (κ2) is 5.13. The van der Waals surface area contributed by atoms with Gasteiger partial charge in [-0.05, 0) is 42.2 Å². The summed E-state index contributed by atoms with van der Waals surface area (Å²) >= 11 is 0. The van der Waals surface area contributed by atoms with Gasteiger partial charge in [-0.25, -0.2) is 0 Å². The Morgan fingerprint density at radius 1 is 1.06 bits per heavy atom. The van der Waals surface area contributed by atoms with Crippen molar-refractivity contribution >= 4 is 5.71 Å². The summed E-state index contributed by atoms with van der Waals surface area (Å²) < 4.78 is 0. The molecular weight excluding hydrogens is 222 g/mol. The number of benzene rings is 1. The van der Waals surface area contributed by atoms with E-state index in [2.05, 4.69) is 50.2 Å². The first-order valence-corrected chi connectivity index (χ1v) is 6.66. The zero-order chi connectivity index (χ0) is 13.2. The Bertz CT molecular complexity index is 433. The van der Waals surface area contributed by atoms with Crippen LogP contribution < -0.4 is 0 Å². The Kier molecular flexibility index (Phi) is 3.74. The summed E-state index contributed by atoms with van der Waals surface area (Å²) in [7, 11) is 0. The van der Waals surface area contributed by atoms with Gasteiger partial charge in [-0.2, -0.15) is 0 Å². The van der Waals surface area contributed by atoms with Crippen LogP contribution in [-0.4, -0.2) is 10.9 Å². The third kappa shape index (κ3) is 2.92. The fourth-order valence-electron chi connectivity index (χ4n) is 2.43. The molecule has 0 aliphatic heterocycles. The summed E-state index contributed by atoms with van der Waals surface area (Å²) in [5.74, 6) is 1.49. The molecule has 1 fully saturated rings. The zero-order valence-corrected chi connectivity index (χ0v) is 11.5. The van der Waals surface area contributed by atoms with E-state index in [1.807, 2.05) is 0 Å². The quantitative estimate of drug-likeness (QED) is 0.579. The molecule has 0 amide bonds. The number of oxime groups is 1. The van der Waals surface area contributed by atoms with Gasteiger partial charge in [0, 0.05) is 5.92 Å². The van der Waals surface area contributed by atoms with Gasteiger partial charge in [0.25, 0.3) is 0 Å². The van der Waals surface area contributed by atoms with Crippen molar-refractivity contribution in [1.82, 2.24) is 0 Å². The molecule has 18 heavy (non-hydrogen) atoms. The van der Waals surface area contributed by atoms with E-state index >= 15 is 0 Å². The summed E-state index contributed by atoms with van der Waals surface area (Å²) in [5.41, 5.74) is 3.88. The van der Waals surface area contributed by atoms with Crippen molar-refractivity contribution in [2.45, 2.75) is 51.9 Å². The highest BCUT2D eigenvalue weighted by Crippen LogP contribution is 2.33. The lowest BCUT2D eigenvalue weighted by atomic mass is 9.80. The number of hydrogen-bond acceptors (Lipinski definition) is 2. The standard InChI is InChI=1S/C16H22NO/c1-16(2,3)14-6-4-5-13(11-14)12-7-9-15(17-18)10-8-12/h4-6,11,18H,7-10H2,1-3H3. The maximum atomic E-state index is 8.78. The van der Waals surface area contributed by atoms with Crippen LogP contribution in [0.25, 0.3) is 0 Å². The van der Waals surface area contributed by atoms with Crippen LogP contribution in [0.3, 0.4) is 0 Å². The summed E-state index contributed by atoms with van der Waals surface area (Å²) in [5, 5.41) is 12.1. The normalized spacial score (nSPS) is 17.8. The highest BCUT2D eigenvalue weighted by atomic mass is 16.4. The minimum atomic E-state index is 0.197. The molecule has 1 radical (unpaired) electrons. The van der Waals surface area contributed by atoms with Gasteiger partial charge in [0.15, 0.2) is 0 Å². The van der Waals surface area contributed by atoms with Crippen LogP contribution in [0.1, 0.15) is 57.6 Å². The molecule has 97 valence electrons. The fourth-order valence-corrected chi connectivity index (χ4v) is 2.43. The second-order valence-electron chi connectivity index (χ2n) is 6.10. The third-order valence-corrected chi connectivity index (χ3v) is 3.71. The summed E-state index contributed by atoms with van der Waals surface area (Å²) in [6.07, 6.45) is 3.83. The van der Waals surface area contributed by atoms with Crippen LogP contribution in [-0.2, 0) is 5.41 Å². The van der Waals surface area contributed by atoms with Gasteiger partial charge in [-0.15, -0.1) is 0 Å². The van der Waals surface area contributed by atoms with E-state index in [1.54, 1.807) is 0 Å². The van der Waals surface area contributed by atoms with Crippen LogP contribution in [0.4, 0.5) is 0 Å². The van der Waals surface area contributed by atoms with E-state index in [0.717, 1.165) is 31.4 Å². The molecule has 0 aromatic heterocycles. The summed E-state index contributed by atoms with van der Waals surface area (Å²) in [6, 6.07) is 8.87. The Hall–Kier alpha value is -1.31. The number of rotatable bonds is 1. The molecule has 1 N–H and O–H groups in total. The van der Waals surface area contributed by atoms with Crippen molar-refractivity contribution in [2.24, 2.45) is 5.16 Å². The Morgan fingerprint density at radius 3 is 2.28 bits per heavy atom. The third-order valence-electron chi connectivity index (χ3n) is 3.71. The molecule has 2 heteroatoms. The molecule has 1 saturated carbocycles. The molecule has 0 saturated heterocycles. The summed E-state index contributed by atoms with van der Waals surface area (Å²) in [4.78, 5) is 0. The van der Waals surface area contributed by atoms with E-state index < -0.39 is 0 Å². The average molecular weight is 244 g/mol. The first-order chi connectivity index (χ1) is 8.50. The highest BCUT2D eigenvalue weighted by molar-refractivity contribution is 5.85. The molecule has 0 unspecified atom stereocenters. The monoisotopic (exact) mass is 244 g/mol. The zero-order valence-electron chi connectivity index (χ0n) is 11.5. The number of nitrogens with zero attached hydrogens (tertiary/aromatic N) is 1. The largest absolute Gasteiger partial charge is 0.411 e. The molecule has 2 nitrogen and oxygen atoms in total. The lowest BCUT2D eigenvalue weighted by Gasteiger charge is -2.25. The Morgan fingerprint density at radius 2 is 1.72 bits per heavy atom. The molecule has 0 atom stereocenters. The van der Waals surface area contributed by atoms with E-state index in [0.29, 0.717) is 0 Å². The van der Waals surface area contributed by atoms with Crippen LogP contribution in [0, 0.1) is 5.92 Å². The topological polar surface area (TPSA) is 32.6 Å². The maximum Gasteiger partial charge on any atom is 0.0571 e. The summed E-state index contributed by atoms with van der Waals surface area (Å²) in [6.45, 7) is 6.73.